The molecule has 7 heteroatoms. The van der Waals surface area contributed by atoms with Gasteiger partial charge in [0.1, 0.15) is 23.4 Å². The predicted octanol–water partition coefficient (Wildman–Crippen LogP) is 3.49. The first-order valence-electron chi connectivity index (χ1n) is 6.98. The van der Waals surface area contributed by atoms with Crippen LogP contribution in [0.25, 0.3) is 0 Å². The molecule has 1 atom stereocenters. The van der Waals surface area contributed by atoms with Crippen molar-refractivity contribution in [2.45, 2.75) is 38.4 Å². The Morgan fingerprint density at radius 2 is 2.10 bits per heavy atom. The molecule has 0 spiro atoms. The van der Waals surface area contributed by atoms with E-state index in [0.717, 1.165) is 35.5 Å². The molecule has 1 unspecified atom stereocenters. The molecule has 2 N–H and O–H groups in total. The van der Waals surface area contributed by atoms with E-state index in [4.69, 9.17) is 4.42 Å². The summed E-state index contributed by atoms with van der Waals surface area (Å²) in [7, 11) is 0. The highest BCUT2D eigenvalue weighted by molar-refractivity contribution is 7.98. The van der Waals surface area contributed by atoms with Crippen LogP contribution in [0.5, 0.6) is 0 Å². The molecular weight excluding hydrogens is 286 g/mol. The Morgan fingerprint density at radius 1 is 1.33 bits per heavy atom. The van der Waals surface area contributed by atoms with Gasteiger partial charge >= 0.3 is 0 Å². The zero-order chi connectivity index (χ0) is 15.2. The number of nitrogens with one attached hydrogen (secondary N) is 2. The topological polar surface area (TPSA) is 75.9 Å². The van der Waals surface area contributed by atoms with Gasteiger partial charge in [-0.2, -0.15) is 0 Å². The third-order valence-corrected chi connectivity index (χ3v) is 3.37. The van der Waals surface area contributed by atoms with Crippen LogP contribution in [0, 0.1) is 6.92 Å². The number of hydrogen-bond donors (Lipinski definition) is 2. The van der Waals surface area contributed by atoms with Gasteiger partial charge in [0.05, 0.1) is 6.20 Å². The molecule has 2 rings (SSSR count). The summed E-state index contributed by atoms with van der Waals surface area (Å²) in [4.78, 5) is 13.1. The lowest BCUT2D eigenvalue weighted by molar-refractivity contribution is 0.453. The van der Waals surface area contributed by atoms with Gasteiger partial charge in [-0.1, -0.05) is 18.7 Å². The summed E-state index contributed by atoms with van der Waals surface area (Å²) in [6.45, 7) is 6.88. The lowest BCUT2D eigenvalue weighted by Gasteiger charge is -2.13. The van der Waals surface area contributed by atoms with E-state index >= 15 is 0 Å². The maximum atomic E-state index is 5.53. The van der Waals surface area contributed by atoms with Crippen LogP contribution in [-0.2, 0) is 0 Å². The molecule has 0 saturated carbocycles. The molecule has 114 valence electrons. The molecule has 0 radical (unpaired) electrons. The van der Waals surface area contributed by atoms with Crippen LogP contribution in [0.4, 0.5) is 11.6 Å². The van der Waals surface area contributed by atoms with Gasteiger partial charge in [0.2, 0.25) is 5.89 Å². The Hall–Kier alpha value is -1.76. The predicted molar refractivity (Wildman–Crippen MR) is 85.9 cm³/mol. The van der Waals surface area contributed by atoms with E-state index in [1.165, 1.54) is 11.8 Å². The van der Waals surface area contributed by atoms with Crippen molar-refractivity contribution in [3.05, 3.63) is 23.9 Å². The van der Waals surface area contributed by atoms with E-state index in [-0.39, 0.29) is 6.04 Å². The van der Waals surface area contributed by atoms with Gasteiger partial charge in [-0.3, -0.25) is 0 Å². The second kappa shape index (κ2) is 7.31. The number of hydrogen-bond acceptors (Lipinski definition) is 7. The van der Waals surface area contributed by atoms with E-state index in [1.807, 2.05) is 26.2 Å². The van der Waals surface area contributed by atoms with Crippen molar-refractivity contribution in [1.82, 2.24) is 15.0 Å². The summed E-state index contributed by atoms with van der Waals surface area (Å²) in [6, 6.07) is 1.85. The maximum Gasteiger partial charge on any atom is 0.216 e. The fraction of sp³-hybridized carbons (Fsp3) is 0.500. The molecule has 0 fully saturated rings. The normalized spacial score (nSPS) is 12.2. The summed E-state index contributed by atoms with van der Waals surface area (Å²) in [6.07, 6.45) is 4.73. The minimum absolute atomic E-state index is 0.0534. The van der Waals surface area contributed by atoms with Crippen molar-refractivity contribution in [2.75, 3.05) is 23.4 Å². The van der Waals surface area contributed by atoms with E-state index < -0.39 is 0 Å². The van der Waals surface area contributed by atoms with Crippen molar-refractivity contribution >= 4 is 23.4 Å². The monoisotopic (exact) mass is 307 g/mol. The van der Waals surface area contributed by atoms with Gasteiger partial charge in [-0.15, -0.1) is 0 Å². The molecule has 0 saturated heterocycles. The molecule has 2 heterocycles. The van der Waals surface area contributed by atoms with Crippen LogP contribution < -0.4 is 10.6 Å². The summed E-state index contributed by atoms with van der Waals surface area (Å²) in [5.41, 5.74) is 0. The molecule has 21 heavy (non-hydrogen) atoms. The largest absolute Gasteiger partial charge is 0.444 e. The molecule has 0 aliphatic carbocycles. The number of aryl methyl sites for hydroxylation is 1. The van der Waals surface area contributed by atoms with E-state index in [1.54, 1.807) is 6.20 Å². The molecule has 2 aromatic rings. The third kappa shape index (κ3) is 4.35. The molecule has 6 nitrogen and oxygen atoms in total. The van der Waals surface area contributed by atoms with Crippen molar-refractivity contribution in [2.24, 2.45) is 0 Å². The number of thioether (sulfide) groups is 1. The second-order valence-corrected chi connectivity index (χ2v) is 5.50. The lowest BCUT2D eigenvalue weighted by Crippen LogP contribution is -2.10. The van der Waals surface area contributed by atoms with E-state index in [0.29, 0.717) is 5.89 Å². The summed E-state index contributed by atoms with van der Waals surface area (Å²) >= 11 is 1.52. The Kier molecular flexibility index (Phi) is 5.44. The summed E-state index contributed by atoms with van der Waals surface area (Å²) in [5, 5.41) is 7.32. The van der Waals surface area contributed by atoms with Crippen molar-refractivity contribution in [1.29, 1.82) is 0 Å². The van der Waals surface area contributed by atoms with Crippen molar-refractivity contribution in [3.8, 4) is 0 Å². The smallest absolute Gasteiger partial charge is 0.216 e. The third-order valence-electron chi connectivity index (χ3n) is 2.82. The van der Waals surface area contributed by atoms with Crippen LogP contribution >= 0.6 is 11.8 Å². The first-order chi connectivity index (χ1) is 10.1. The second-order valence-electron chi connectivity index (χ2n) is 4.73. The quantitative estimate of drug-likeness (QED) is 0.599. The van der Waals surface area contributed by atoms with E-state index in [9.17, 15) is 0 Å². The van der Waals surface area contributed by atoms with Crippen LogP contribution in [0.3, 0.4) is 0 Å². The SMILES string of the molecule is CCCNc1cc(NC(C)c2ncc(C)o2)nc(SC)n1. The highest BCUT2D eigenvalue weighted by atomic mass is 32.2. The molecule has 0 aliphatic rings. The Balaban J connectivity index is 2.14. The number of oxazole rings is 1. The molecule has 0 aliphatic heterocycles. The Labute approximate surface area is 129 Å². The van der Waals surface area contributed by atoms with Gasteiger partial charge in [0.15, 0.2) is 5.16 Å². The van der Waals surface area contributed by atoms with Gasteiger partial charge in [0, 0.05) is 12.6 Å². The number of aromatic nitrogens is 3. The first-order valence-corrected chi connectivity index (χ1v) is 8.20. The van der Waals surface area contributed by atoms with Gasteiger partial charge in [0.25, 0.3) is 0 Å². The highest BCUT2D eigenvalue weighted by Gasteiger charge is 2.13. The van der Waals surface area contributed by atoms with Crippen LogP contribution in [0.15, 0.2) is 21.8 Å². The van der Waals surface area contributed by atoms with E-state index in [2.05, 4.69) is 32.5 Å². The molecule has 2 aromatic heterocycles. The Morgan fingerprint density at radius 3 is 2.71 bits per heavy atom. The average molecular weight is 307 g/mol. The zero-order valence-corrected chi connectivity index (χ0v) is 13.6. The highest BCUT2D eigenvalue weighted by Crippen LogP contribution is 2.22. The summed E-state index contributed by atoms with van der Waals surface area (Å²) < 4.78 is 5.53. The standard InChI is InChI=1S/C14H21N5OS/c1-5-6-15-11-7-12(19-14(18-11)21-4)17-10(3)13-16-8-9(2)20-13/h7-8,10H,5-6H2,1-4H3,(H2,15,17,18,19). The number of anilines is 2. The molecule has 0 bridgehead atoms. The fourth-order valence-electron chi connectivity index (χ4n) is 1.79. The number of rotatable bonds is 7. The lowest BCUT2D eigenvalue weighted by atomic mass is 10.3. The van der Waals surface area contributed by atoms with Crippen molar-refractivity contribution < 1.29 is 4.42 Å². The van der Waals surface area contributed by atoms with Crippen LogP contribution in [-0.4, -0.2) is 27.8 Å². The average Bonchev–Trinajstić information content (AvgIpc) is 2.91. The van der Waals surface area contributed by atoms with Crippen molar-refractivity contribution in [3.63, 3.8) is 0 Å². The Bertz CT molecular complexity index is 586. The van der Waals surface area contributed by atoms with Gasteiger partial charge in [-0.05, 0) is 26.5 Å². The fourth-order valence-corrected chi connectivity index (χ4v) is 2.17. The summed E-state index contributed by atoms with van der Waals surface area (Å²) in [5.74, 6) is 3.04. The minimum Gasteiger partial charge on any atom is -0.444 e. The molecule has 0 aromatic carbocycles. The van der Waals surface area contributed by atoms with Gasteiger partial charge < -0.3 is 15.1 Å². The molecular formula is C14H21N5OS. The maximum absolute atomic E-state index is 5.53. The zero-order valence-electron chi connectivity index (χ0n) is 12.8. The first kappa shape index (κ1) is 15.6. The van der Waals surface area contributed by atoms with Gasteiger partial charge in [-0.25, -0.2) is 15.0 Å². The van der Waals surface area contributed by atoms with Crippen LogP contribution in [0.1, 0.15) is 38.0 Å². The molecule has 0 amide bonds. The van der Waals surface area contributed by atoms with Crippen LogP contribution in [0.2, 0.25) is 0 Å². The number of nitrogens with zero attached hydrogens (tertiary/aromatic N) is 3. The minimum atomic E-state index is -0.0534.